The molecule has 152 valence electrons. The van der Waals surface area contributed by atoms with Crippen LogP contribution < -0.4 is 15.5 Å². The van der Waals surface area contributed by atoms with Crippen molar-refractivity contribution in [3.05, 3.63) is 93.5 Å². The number of carbonyl (C=O) groups is 1. The molecule has 0 aliphatic carbocycles. The summed E-state index contributed by atoms with van der Waals surface area (Å²) >= 11 is 17.1. The lowest BCUT2D eigenvalue weighted by atomic mass is 10.2. The summed E-state index contributed by atoms with van der Waals surface area (Å²) in [6.45, 7) is 2.00. The van der Waals surface area contributed by atoms with E-state index in [2.05, 4.69) is 15.8 Å². The van der Waals surface area contributed by atoms with Gasteiger partial charge in [0.2, 0.25) is 0 Å². The zero-order valence-electron chi connectivity index (χ0n) is 15.9. The number of thiocarbonyl (C=S) groups is 1. The molecular formula is C22H17Cl2N3O2S. The van der Waals surface area contributed by atoms with Gasteiger partial charge in [0.25, 0.3) is 0 Å². The fourth-order valence-corrected chi connectivity index (χ4v) is 3.18. The average Bonchev–Trinajstić information content (AvgIpc) is 2.68. The van der Waals surface area contributed by atoms with Gasteiger partial charge in [0.1, 0.15) is 5.75 Å². The number of nitrogens with zero attached hydrogens (tertiary/aromatic N) is 1. The molecule has 3 aromatic rings. The standard InChI is InChI=1S/C22H17Cl2N3O2S/c1-14-4-2-6-17(10-14)26-22(30)27-25-13-15-5-3-7-18(11-15)29-21(28)19-9-8-16(23)12-20(19)24/h2-13H,1H3,(H2,26,27,30)/b25-13-. The quantitative estimate of drug-likeness (QED) is 0.165. The molecule has 0 amide bonds. The number of aryl methyl sites for hydroxylation is 1. The van der Waals surface area contributed by atoms with Crippen molar-refractivity contribution in [1.29, 1.82) is 0 Å². The highest BCUT2D eigenvalue weighted by atomic mass is 35.5. The van der Waals surface area contributed by atoms with Crippen molar-refractivity contribution in [2.75, 3.05) is 5.32 Å². The Morgan fingerprint density at radius 1 is 1.07 bits per heavy atom. The molecule has 0 heterocycles. The molecule has 0 bridgehead atoms. The summed E-state index contributed by atoms with van der Waals surface area (Å²) in [7, 11) is 0. The lowest BCUT2D eigenvalue weighted by Gasteiger charge is -2.08. The third-order valence-corrected chi connectivity index (χ3v) is 4.62. The van der Waals surface area contributed by atoms with Crippen LogP contribution in [0.3, 0.4) is 0 Å². The van der Waals surface area contributed by atoms with Crippen molar-refractivity contribution in [2.45, 2.75) is 6.92 Å². The van der Waals surface area contributed by atoms with Gasteiger partial charge in [-0.25, -0.2) is 4.79 Å². The normalized spacial score (nSPS) is 10.6. The van der Waals surface area contributed by atoms with E-state index in [1.165, 1.54) is 12.1 Å². The summed E-state index contributed by atoms with van der Waals surface area (Å²) in [5, 5.41) is 8.18. The van der Waals surface area contributed by atoms with Crippen LogP contribution in [0.5, 0.6) is 5.75 Å². The van der Waals surface area contributed by atoms with Crippen molar-refractivity contribution in [1.82, 2.24) is 5.43 Å². The second kappa shape index (κ2) is 10.2. The van der Waals surface area contributed by atoms with Crippen molar-refractivity contribution in [3.8, 4) is 5.75 Å². The number of hydrazone groups is 1. The third-order valence-electron chi connectivity index (χ3n) is 3.88. The maximum atomic E-state index is 12.3. The van der Waals surface area contributed by atoms with E-state index in [1.807, 2.05) is 37.3 Å². The SMILES string of the molecule is Cc1cccc(NC(=S)N/N=C\c2cccc(OC(=O)c3ccc(Cl)cc3Cl)c2)c1. The van der Waals surface area contributed by atoms with E-state index in [0.29, 0.717) is 21.4 Å². The Bertz CT molecular complexity index is 1120. The smallest absolute Gasteiger partial charge is 0.345 e. The van der Waals surface area contributed by atoms with Crippen LogP contribution >= 0.6 is 35.4 Å². The molecule has 3 aromatic carbocycles. The largest absolute Gasteiger partial charge is 0.423 e. The minimum atomic E-state index is -0.576. The van der Waals surface area contributed by atoms with Gasteiger partial charge in [-0.15, -0.1) is 0 Å². The summed E-state index contributed by atoms with van der Waals surface area (Å²) in [6.07, 6.45) is 1.57. The summed E-state index contributed by atoms with van der Waals surface area (Å²) in [4.78, 5) is 12.3. The van der Waals surface area contributed by atoms with Gasteiger partial charge in [-0.1, -0.05) is 47.5 Å². The molecular weight excluding hydrogens is 441 g/mol. The molecule has 2 N–H and O–H groups in total. The first-order valence-corrected chi connectivity index (χ1v) is 10.0. The lowest BCUT2D eigenvalue weighted by Crippen LogP contribution is -2.23. The molecule has 0 saturated heterocycles. The third kappa shape index (κ3) is 6.29. The molecule has 5 nitrogen and oxygen atoms in total. The van der Waals surface area contributed by atoms with Gasteiger partial charge in [-0.05, 0) is 72.7 Å². The van der Waals surface area contributed by atoms with Gasteiger partial charge >= 0.3 is 5.97 Å². The predicted octanol–water partition coefficient (Wildman–Crippen LogP) is 5.84. The predicted molar refractivity (Wildman–Crippen MR) is 126 cm³/mol. The molecule has 0 atom stereocenters. The zero-order valence-corrected chi connectivity index (χ0v) is 18.2. The molecule has 3 rings (SSSR count). The number of hydrogen-bond acceptors (Lipinski definition) is 4. The van der Waals surface area contributed by atoms with Crippen LogP contribution in [0.15, 0.2) is 71.8 Å². The summed E-state index contributed by atoms with van der Waals surface area (Å²) < 4.78 is 5.39. The summed E-state index contributed by atoms with van der Waals surface area (Å²) in [5.74, 6) is -0.220. The van der Waals surface area contributed by atoms with Crippen molar-refractivity contribution >= 4 is 58.4 Å². The molecule has 0 unspecified atom stereocenters. The van der Waals surface area contributed by atoms with Crippen LogP contribution in [0.25, 0.3) is 0 Å². The van der Waals surface area contributed by atoms with E-state index in [0.717, 1.165) is 11.3 Å². The van der Waals surface area contributed by atoms with E-state index in [9.17, 15) is 4.79 Å². The Balaban J connectivity index is 1.59. The Hall–Kier alpha value is -2.93. The highest BCUT2D eigenvalue weighted by Crippen LogP contribution is 2.23. The Labute approximate surface area is 189 Å². The highest BCUT2D eigenvalue weighted by molar-refractivity contribution is 7.80. The number of anilines is 1. The van der Waals surface area contributed by atoms with Gasteiger partial charge in [0.05, 0.1) is 16.8 Å². The Kier molecular flexibility index (Phi) is 7.41. The maximum absolute atomic E-state index is 12.3. The zero-order chi connectivity index (χ0) is 21.5. The number of halogens is 2. The van der Waals surface area contributed by atoms with Crippen LogP contribution in [-0.2, 0) is 0 Å². The van der Waals surface area contributed by atoms with E-state index < -0.39 is 5.97 Å². The van der Waals surface area contributed by atoms with Crippen molar-refractivity contribution in [2.24, 2.45) is 5.10 Å². The minimum absolute atomic E-state index is 0.226. The molecule has 0 spiro atoms. The molecule has 30 heavy (non-hydrogen) atoms. The molecule has 0 saturated carbocycles. The van der Waals surface area contributed by atoms with Gasteiger partial charge < -0.3 is 10.1 Å². The van der Waals surface area contributed by atoms with Crippen LogP contribution in [0, 0.1) is 6.92 Å². The van der Waals surface area contributed by atoms with Crippen LogP contribution in [0.2, 0.25) is 10.0 Å². The lowest BCUT2D eigenvalue weighted by molar-refractivity contribution is 0.0735. The van der Waals surface area contributed by atoms with Crippen molar-refractivity contribution in [3.63, 3.8) is 0 Å². The summed E-state index contributed by atoms with van der Waals surface area (Å²) in [5.41, 5.74) is 5.69. The van der Waals surface area contributed by atoms with E-state index in [1.54, 1.807) is 30.5 Å². The van der Waals surface area contributed by atoms with Gasteiger partial charge in [0.15, 0.2) is 5.11 Å². The average molecular weight is 458 g/mol. The maximum Gasteiger partial charge on any atom is 0.345 e. The van der Waals surface area contributed by atoms with Gasteiger partial charge in [0, 0.05) is 10.7 Å². The Morgan fingerprint density at radius 2 is 1.87 bits per heavy atom. The first kappa shape index (κ1) is 21.8. The number of rotatable bonds is 5. The molecule has 0 aliphatic rings. The minimum Gasteiger partial charge on any atom is -0.423 e. The second-order valence-electron chi connectivity index (χ2n) is 6.28. The molecule has 0 fully saturated rings. The second-order valence-corrected chi connectivity index (χ2v) is 7.53. The molecule has 0 aromatic heterocycles. The van der Waals surface area contributed by atoms with Crippen LogP contribution in [0.4, 0.5) is 5.69 Å². The van der Waals surface area contributed by atoms with Crippen molar-refractivity contribution < 1.29 is 9.53 Å². The monoisotopic (exact) mass is 457 g/mol. The number of carbonyl (C=O) groups excluding carboxylic acids is 1. The number of nitrogens with one attached hydrogen (secondary N) is 2. The number of benzene rings is 3. The summed E-state index contributed by atoms with van der Waals surface area (Å²) in [6, 6.07) is 19.3. The first-order valence-electron chi connectivity index (χ1n) is 8.85. The fourth-order valence-electron chi connectivity index (χ4n) is 2.52. The highest BCUT2D eigenvalue weighted by Gasteiger charge is 2.13. The number of hydrogen-bond donors (Lipinski definition) is 2. The molecule has 0 radical (unpaired) electrons. The fraction of sp³-hybridized carbons (Fsp3) is 0.0455. The topological polar surface area (TPSA) is 62.7 Å². The van der Waals surface area contributed by atoms with E-state index in [-0.39, 0.29) is 10.6 Å². The Morgan fingerprint density at radius 3 is 2.63 bits per heavy atom. The van der Waals surface area contributed by atoms with E-state index in [4.69, 9.17) is 40.2 Å². The van der Waals surface area contributed by atoms with E-state index >= 15 is 0 Å². The van der Waals surface area contributed by atoms with Gasteiger partial charge in [-0.2, -0.15) is 5.10 Å². The molecule has 8 heteroatoms. The first-order chi connectivity index (χ1) is 14.4. The van der Waals surface area contributed by atoms with Gasteiger partial charge in [-0.3, -0.25) is 5.43 Å². The van der Waals surface area contributed by atoms with Crippen LogP contribution in [0.1, 0.15) is 21.5 Å². The number of esters is 1. The van der Waals surface area contributed by atoms with Crippen LogP contribution in [-0.4, -0.2) is 17.3 Å². The molecule has 0 aliphatic heterocycles. The number of ether oxygens (including phenoxy) is 1.